The predicted octanol–water partition coefficient (Wildman–Crippen LogP) is 4.46. The summed E-state index contributed by atoms with van der Waals surface area (Å²) >= 11 is 5.96. The number of sulfonamides is 1. The molecule has 2 aromatic rings. The number of anilines is 2. The minimum Gasteiger partial charge on any atom is -0.324 e. The fraction of sp³-hybridized carbons (Fsp3) is 0.278. The van der Waals surface area contributed by atoms with Crippen LogP contribution in [0.3, 0.4) is 0 Å². The minimum absolute atomic E-state index is 0.112. The molecule has 2 rings (SSSR count). The third kappa shape index (κ3) is 5.17. The molecule has 152 valence electrons. The number of carbonyl (C=O) groups is 1. The van der Waals surface area contributed by atoms with Gasteiger partial charge in [-0.25, -0.2) is 8.42 Å². The molecular weight excluding hydrogens is 417 g/mol. The quantitative estimate of drug-likeness (QED) is 0.755. The molecule has 0 saturated carbocycles. The van der Waals surface area contributed by atoms with Gasteiger partial charge in [0, 0.05) is 10.7 Å². The van der Waals surface area contributed by atoms with Gasteiger partial charge in [-0.15, -0.1) is 0 Å². The summed E-state index contributed by atoms with van der Waals surface area (Å²) in [7, 11) is -3.85. The van der Waals surface area contributed by atoms with Crippen LogP contribution >= 0.6 is 11.6 Å². The Balaban J connectivity index is 2.31. The smallest absolute Gasteiger partial charge is 0.324 e. The van der Waals surface area contributed by atoms with Gasteiger partial charge in [0.1, 0.15) is 6.04 Å². The van der Waals surface area contributed by atoms with Gasteiger partial charge < -0.3 is 5.32 Å². The van der Waals surface area contributed by atoms with E-state index in [0.717, 1.165) is 34.8 Å². The molecule has 10 heteroatoms. The lowest BCUT2D eigenvalue weighted by Crippen LogP contribution is -2.45. The van der Waals surface area contributed by atoms with Gasteiger partial charge in [0.15, 0.2) is 0 Å². The zero-order valence-electron chi connectivity index (χ0n) is 15.2. The van der Waals surface area contributed by atoms with Crippen molar-refractivity contribution < 1.29 is 26.4 Å². The highest BCUT2D eigenvalue weighted by Crippen LogP contribution is 2.31. The van der Waals surface area contributed by atoms with Gasteiger partial charge in [0.05, 0.1) is 17.5 Å². The van der Waals surface area contributed by atoms with Gasteiger partial charge in [0.2, 0.25) is 15.9 Å². The molecule has 2 aromatic carbocycles. The molecule has 0 aromatic heterocycles. The number of benzene rings is 2. The summed E-state index contributed by atoms with van der Waals surface area (Å²) in [6, 6.07) is 7.33. The lowest BCUT2D eigenvalue weighted by molar-refractivity contribution is -0.137. The van der Waals surface area contributed by atoms with E-state index in [2.05, 4.69) is 5.32 Å². The molecule has 1 atom stereocenters. The van der Waals surface area contributed by atoms with Crippen molar-refractivity contribution in [2.45, 2.75) is 26.1 Å². The Morgan fingerprint density at radius 1 is 1.14 bits per heavy atom. The summed E-state index contributed by atoms with van der Waals surface area (Å²) < 4.78 is 63.5. The van der Waals surface area contributed by atoms with Crippen LogP contribution in [-0.4, -0.2) is 26.6 Å². The van der Waals surface area contributed by atoms with Crippen LogP contribution in [0.15, 0.2) is 42.5 Å². The van der Waals surface area contributed by atoms with Crippen LogP contribution in [0.5, 0.6) is 0 Å². The Labute approximate surface area is 166 Å². The van der Waals surface area contributed by atoms with Crippen molar-refractivity contribution in [3.63, 3.8) is 0 Å². The first kappa shape index (κ1) is 22.0. The van der Waals surface area contributed by atoms with Gasteiger partial charge >= 0.3 is 6.18 Å². The number of rotatable bonds is 5. The topological polar surface area (TPSA) is 66.5 Å². The normalized spacial score (nSPS) is 13.1. The molecule has 0 heterocycles. The molecule has 1 amide bonds. The number of aryl methyl sites for hydroxylation is 1. The van der Waals surface area contributed by atoms with Gasteiger partial charge in [-0.1, -0.05) is 17.7 Å². The zero-order chi connectivity index (χ0) is 21.3. The third-order valence-corrected chi connectivity index (χ3v) is 5.44. The first-order valence-electron chi connectivity index (χ1n) is 8.04. The summed E-state index contributed by atoms with van der Waals surface area (Å²) in [6.45, 7) is 3.05. The monoisotopic (exact) mass is 434 g/mol. The molecule has 0 unspecified atom stereocenters. The highest BCUT2D eigenvalue weighted by molar-refractivity contribution is 7.92. The van der Waals surface area contributed by atoms with Crippen LogP contribution in [0.2, 0.25) is 5.02 Å². The molecule has 5 nitrogen and oxygen atoms in total. The predicted molar refractivity (Wildman–Crippen MR) is 103 cm³/mol. The molecule has 0 radical (unpaired) electrons. The summed E-state index contributed by atoms with van der Waals surface area (Å²) in [5, 5.41) is 2.73. The van der Waals surface area contributed by atoms with Gasteiger partial charge in [-0.3, -0.25) is 9.10 Å². The Hall–Kier alpha value is -2.26. The van der Waals surface area contributed by atoms with Crippen molar-refractivity contribution in [1.29, 1.82) is 0 Å². The lowest BCUT2D eigenvalue weighted by Gasteiger charge is -2.29. The van der Waals surface area contributed by atoms with E-state index in [1.54, 1.807) is 19.1 Å². The molecule has 28 heavy (non-hydrogen) atoms. The zero-order valence-corrected chi connectivity index (χ0v) is 16.8. The first-order valence-corrected chi connectivity index (χ1v) is 10.3. The maximum absolute atomic E-state index is 12.6. The summed E-state index contributed by atoms with van der Waals surface area (Å²) in [6.07, 6.45) is -3.54. The number of nitrogens with one attached hydrogen (secondary N) is 1. The number of halogens is 4. The lowest BCUT2D eigenvalue weighted by atomic mass is 10.1. The average molecular weight is 435 g/mol. The van der Waals surface area contributed by atoms with E-state index < -0.39 is 33.7 Å². The summed E-state index contributed by atoms with van der Waals surface area (Å²) in [4.78, 5) is 12.6. The van der Waals surface area contributed by atoms with Crippen LogP contribution in [-0.2, 0) is 21.0 Å². The minimum atomic E-state index is -4.49. The van der Waals surface area contributed by atoms with Crippen molar-refractivity contribution in [3.8, 4) is 0 Å². The molecule has 0 aliphatic rings. The number of hydrogen-bond acceptors (Lipinski definition) is 3. The van der Waals surface area contributed by atoms with Crippen LogP contribution in [0.1, 0.15) is 18.1 Å². The average Bonchev–Trinajstić information content (AvgIpc) is 2.56. The van der Waals surface area contributed by atoms with Crippen molar-refractivity contribution in [2.24, 2.45) is 0 Å². The first-order chi connectivity index (χ1) is 12.8. The number of alkyl halides is 3. The van der Waals surface area contributed by atoms with Crippen LogP contribution in [0.25, 0.3) is 0 Å². The second-order valence-corrected chi connectivity index (χ2v) is 8.53. The van der Waals surface area contributed by atoms with Crippen LogP contribution < -0.4 is 9.62 Å². The molecule has 1 N–H and O–H groups in total. The van der Waals surface area contributed by atoms with E-state index in [0.29, 0.717) is 10.6 Å². The number of hydrogen-bond donors (Lipinski definition) is 1. The van der Waals surface area contributed by atoms with E-state index in [9.17, 15) is 26.4 Å². The Morgan fingerprint density at radius 3 is 2.21 bits per heavy atom. The third-order valence-electron chi connectivity index (χ3n) is 3.98. The fourth-order valence-electron chi connectivity index (χ4n) is 2.59. The van der Waals surface area contributed by atoms with E-state index in [1.165, 1.54) is 13.0 Å². The van der Waals surface area contributed by atoms with Crippen molar-refractivity contribution in [2.75, 3.05) is 15.9 Å². The Bertz CT molecular complexity index is 977. The summed E-state index contributed by atoms with van der Waals surface area (Å²) in [5.41, 5.74) is 0.0843. The molecule has 0 aliphatic carbocycles. The van der Waals surface area contributed by atoms with E-state index in [1.807, 2.05) is 0 Å². The Kier molecular flexibility index (Phi) is 6.30. The van der Waals surface area contributed by atoms with Crippen molar-refractivity contribution >= 4 is 38.9 Å². The Morgan fingerprint density at radius 2 is 1.71 bits per heavy atom. The maximum Gasteiger partial charge on any atom is 0.416 e. The molecular formula is C18H18ClF3N2O3S. The van der Waals surface area contributed by atoms with Crippen LogP contribution in [0, 0.1) is 6.92 Å². The van der Waals surface area contributed by atoms with E-state index >= 15 is 0 Å². The largest absolute Gasteiger partial charge is 0.416 e. The van der Waals surface area contributed by atoms with Crippen LogP contribution in [0.4, 0.5) is 24.5 Å². The van der Waals surface area contributed by atoms with E-state index in [4.69, 9.17) is 11.6 Å². The number of nitrogens with zero attached hydrogens (tertiary/aromatic N) is 1. The molecule has 0 aliphatic heterocycles. The molecule has 0 fully saturated rings. The second-order valence-electron chi connectivity index (χ2n) is 6.23. The highest BCUT2D eigenvalue weighted by Gasteiger charge is 2.32. The summed E-state index contributed by atoms with van der Waals surface area (Å²) in [5.74, 6) is -0.704. The molecule has 0 saturated heterocycles. The van der Waals surface area contributed by atoms with Crippen molar-refractivity contribution in [3.05, 3.63) is 58.6 Å². The van der Waals surface area contributed by atoms with E-state index in [-0.39, 0.29) is 11.4 Å². The molecule has 0 bridgehead atoms. The number of carbonyl (C=O) groups excluding carboxylic acids is 1. The second kappa shape index (κ2) is 8.00. The maximum atomic E-state index is 12.6. The SMILES string of the molecule is Cc1ccc(Cl)cc1N([C@@H](C)C(=O)Nc1ccc(C(F)(F)F)cc1)S(C)(=O)=O. The fourth-order valence-corrected chi connectivity index (χ4v) is 3.98. The van der Waals surface area contributed by atoms with Gasteiger partial charge in [-0.05, 0) is 55.8 Å². The van der Waals surface area contributed by atoms with Gasteiger partial charge in [0.25, 0.3) is 0 Å². The number of amides is 1. The standard InChI is InChI=1S/C18H18ClF3N2O3S/c1-11-4-7-14(19)10-16(11)24(28(3,26)27)12(2)17(25)23-15-8-5-13(6-9-15)18(20,21)22/h4-10,12H,1-3H3,(H,23,25)/t12-/m0/s1. The molecule has 0 spiro atoms. The van der Waals surface area contributed by atoms with Gasteiger partial charge in [-0.2, -0.15) is 13.2 Å². The highest BCUT2D eigenvalue weighted by atomic mass is 35.5. The van der Waals surface area contributed by atoms with Crippen molar-refractivity contribution in [1.82, 2.24) is 0 Å².